The first kappa shape index (κ1) is 7.24. The summed E-state index contributed by atoms with van der Waals surface area (Å²) in [6, 6.07) is 1.84. The summed E-state index contributed by atoms with van der Waals surface area (Å²) in [6.45, 7) is 0.142. The lowest BCUT2D eigenvalue weighted by Gasteiger charge is -1.96. The van der Waals surface area contributed by atoms with Gasteiger partial charge in [-0.1, -0.05) is 0 Å². The molecule has 0 saturated carbocycles. The SMILES string of the molecule is OCCc1cnc2ncccn12. The van der Waals surface area contributed by atoms with Crippen LogP contribution in [0.3, 0.4) is 0 Å². The van der Waals surface area contributed by atoms with Gasteiger partial charge in [0.1, 0.15) is 0 Å². The Morgan fingerprint density at radius 1 is 1.42 bits per heavy atom. The first-order valence-electron chi connectivity index (χ1n) is 3.79. The van der Waals surface area contributed by atoms with E-state index in [4.69, 9.17) is 5.11 Å². The van der Waals surface area contributed by atoms with Crippen LogP contribution in [-0.2, 0) is 6.42 Å². The Kier molecular flexibility index (Phi) is 1.75. The molecule has 0 aromatic carbocycles. The average molecular weight is 163 g/mol. The molecule has 12 heavy (non-hydrogen) atoms. The maximum atomic E-state index is 8.74. The van der Waals surface area contributed by atoms with Gasteiger partial charge in [-0.25, -0.2) is 9.97 Å². The van der Waals surface area contributed by atoms with Crippen molar-refractivity contribution in [3.8, 4) is 0 Å². The summed E-state index contributed by atoms with van der Waals surface area (Å²) in [4.78, 5) is 8.13. The van der Waals surface area contributed by atoms with Crippen LogP contribution in [0, 0.1) is 0 Å². The Balaban J connectivity index is 2.55. The Bertz CT molecular complexity index is 382. The highest BCUT2D eigenvalue weighted by Crippen LogP contribution is 2.03. The molecule has 4 heteroatoms. The van der Waals surface area contributed by atoms with E-state index in [2.05, 4.69) is 9.97 Å². The van der Waals surface area contributed by atoms with Gasteiger partial charge in [-0.05, 0) is 6.07 Å². The molecule has 0 unspecified atom stereocenters. The third kappa shape index (κ3) is 1.06. The molecule has 2 rings (SSSR count). The second-order valence-electron chi connectivity index (χ2n) is 2.51. The van der Waals surface area contributed by atoms with Crippen molar-refractivity contribution in [1.82, 2.24) is 14.4 Å². The molecule has 0 amide bonds. The molecule has 62 valence electrons. The molecular formula is C8H9N3O. The standard InChI is InChI=1S/C8H9N3O/c12-5-2-7-6-10-8-9-3-1-4-11(7)8/h1,3-4,6,12H,2,5H2. The normalized spacial score (nSPS) is 10.8. The van der Waals surface area contributed by atoms with Gasteiger partial charge in [-0.15, -0.1) is 0 Å². The second-order valence-corrected chi connectivity index (χ2v) is 2.51. The van der Waals surface area contributed by atoms with Gasteiger partial charge < -0.3 is 5.11 Å². The van der Waals surface area contributed by atoms with Crippen LogP contribution in [0.15, 0.2) is 24.7 Å². The number of imidazole rings is 1. The topological polar surface area (TPSA) is 50.4 Å². The molecule has 0 saturated heterocycles. The molecule has 0 radical (unpaired) electrons. The minimum absolute atomic E-state index is 0.142. The van der Waals surface area contributed by atoms with E-state index in [1.807, 2.05) is 16.7 Å². The van der Waals surface area contributed by atoms with Gasteiger partial charge in [0.2, 0.25) is 5.78 Å². The van der Waals surface area contributed by atoms with Crippen LogP contribution >= 0.6 is 0 Å². The Hall–Kier alpha value is -1.42. The molecule has 0 bridgehead atoms. The molecule has 0 fully saturated rings. The third-order valence-electron chi connectivity index (χ3n) is 1.73. The monoisotopic (exact) mass is 163 g/mol. The van der Waals surface area contributed by atoms with E-state index in [0.717, 1.165) is 5.69 Å². The van der Waals surface area contributed by atoms with E-state index in [1.165, 1.54) is 0 Å². The number of fused-ring (bicyclic) bond motifs is 1. The fourth-order valence-electron chi connectivity index (χ4n) is 1.18. The highest BCUT2D eigenvalue weighted by Gasteiger charge is 2.00. The fraction of sp³-hybridized carbons (Fsp3) is 0.250. The summed E-state index contributed by atoms with van der Waals surface area (Å²) in [6.07, 6.45) is 5.94. The zero-order valence-corrected chi connectivity index (χ0v) is 6.51. The van der Waals surface area contributed by atoms with E-state index < -0.39 is 0 Å². The second kappa shape index (κ2) is 2.91. The van der Waals surface area contributed by atoms with Crippen LogP contribution in [0.1, 0.15) is 5.69 Å². The predicted molar refractivity (Wildman–Crippen MR) is 43.8 cm³/mol. The lowest BCUT2D eigenvalue weighted by atomic mass is 10.3. The quantitative estimate of drug-likeness (QED) is 0.691. The first-order chi connectivity index (χ1) is 5.92. The Morgan fingerprint density at radius 3 is 3.17 bits per heavy atom. The highest BCUT2D eigenvalue weighted by molar-refractivity contribution is 5.30. The average Bonchev–Trinajstić information content (AvgIpc) is 2.50. The molecule has 2 heterocycles. The summed E-state index contributed by atoms with van der Waals surface area (Å²) in [5.74, 6) is 0.681. The molecule has 0 spiro atoms. The number of aromatic nitrogens is 3. The van der Waals surface area contributed by atoms with Crippen molar-refractivity contribution >= 4 is 5.78 Å². The maximum absolute atomic E-state index is 8.74. The van der Waals surface area contributed by atoms with E-state index in [9.17, 15) is 0 Å². The minimum Gasteiger partial charge on any atom is -0.396 e. The van der Waals surface area contributed by atoms with Gasteiger partial charge in [0.05, 0.1) is 6.20 Å². The number of hydrogen-bond donors (Lipinski definition) is 1. The van der Waals surface area contributed by atoms with Gasteiger partial charge in [0.15, 0.2) is 0 Å². The zero-order chi connectivity index (χ0) is 8.39. The molecule has 2 aromatic heterocycles. The first-order valence-corrected chi connectivity index (χ1v) is 3.79. The minimum atomic E-state index is 0.142. The van der Waals surface area contributed by atoms with Crippen LogP contribution in [0.4, 0.5) is 0 Å². The van der Waals surface area contributed by atoms with Gasteiger partial charge in [-0.2, -0.15) is 0 Å². The van der Waals surface area contributed by atoms with Crippen LogP contribution in [0.5, 0.6) is 0 Å². The van der Waals surface area contributed by atoms with Crippen molar-refractivity contribution in [2.45, 2.75) is 6.42 Å². The number of aliphatic hydroxyl groups is 1. The van der Waals surface area contributed by atoms with E-state index in [0.29, 0.717) is 12.2 Å². The fourth-order valence-corrected chi connectivity index (χ4v) is 1.18. The van der Waals surface area contributed by atoms with Crippen molar-refractivity contribution in [3.63, 3.8) is 0 Å². The smallest absolute Gasteiger partial charge is 0.233 e. The zero-order valence-electron chi connectivity index (χ0n) is 6.51. The lowest BCUT2D eigenvalue weighted by molar-refractivity contribution is 0.298. The molecule has 1 N–H and O–H groups in total. The molecule has 2 aromatic rings. The Morgan fingerprint density at radius 2 is 2.33 bits per heavy atom. The van der Waals surface area contributed by atoms with E-state index in [1.54, 1.807) is 12.4 Å². The number of nitrogens with zero attached hydrogens (tertiary/aromatic N) is 3. The summed E-state index contributed by atoms with van der Waals surface area (Å²) >= 11 is 0. The molecule has 0 aliphatic heterocycles. The highest BCUT2D eigenvalue weighted by atomic mass is 16.3. The number of hydrogen-bond acceptors (Lipinski definition) is 3. The molecule has 0 aliphatic carbocycles. The third-order valence-corrected chi connectivity index (χ3v) is 1.73. The van der Waals surface area contributed by atoms with Crippen molar-refractivity contribution < 1.29 is 5.11 Å². The number of aliphatic hydroxyl groups excluding tert-OH is 1. The van der Waals surface area contributed by atoms with Crippen molar-refractivity contribution in [2.75, 3.05) is 6.61 Å². The van der Waals surface area contributed by atoms with Crippen LogP contribution < -0.4 is 0 Å². The van der Waals surface area contributed by atoms with Crippen LogP contribution in [-0.4, -0.2) is 26.1 Å². The molecular weight excluding hydrogens is 154 g/mol. The summed E-state index contributed by atoms with van der Waals surface area (Å²) in [5.41, 5.74) is 0.987. The van der Waals surface area contributed by atoms with Gasteiger partial charge in [0, 0.05) is 31.1 Å². The summed E-state index contributed by atoms with van der Waals surface area (Å²) < 4.78 is 1.87. The molecule has 0 aliphatic rings. The van der Waals surface area contributed by atoms with E-state index >= 15 is 0 Å². The van der Waals surface area contributed by atoms with Crippen molar-refractivity contribution in [2.24, 2.45) is 0 Å². The maximum Gasteiger partial charge on any atom is 0.233 e. The summed E-state index contributed by atoms with van der Waals surface area (Å²) in [5, 5.41) is 8.74. The van der Waals surface area contributed by atoms with Gasteiger partial charge >= 0.3 is 0 Å². The largest absolute Gasteiger partial charge is 0.396 e. The molecule has 4 nitrogen and oxygen atoms in total. The van der Waals surface area contributed by atoms with Crippen LogP contribution in [0.25, 0.3) is 5.78 Å². The molecule has 0 atom stereocenters. The summed E-state index contributed by atoms with van der Waals surface area (Å²) in [7, 11) is 0. The predicted octanol–water partition coefficient (Wildman–Crippen LogP) is 0.264. The van der Waals surface area contributed by atoms with Gasteiger partial charge in [-0.3, -0.25) is 4.40 Å². The van der Waals surface area contributed by atoms with Crippen molar-refractivity contribution in [3.05, 3.63) is 30.4 Å². The lowest BCUT2D eigenvalue weighted by Crippen LogP contribution is -1.96. The Labute approximate surface area is 69.5 Å². The van der Waals surface area contributed by atoms with Crippen LogP contribution in [0.2, 0.25) is 0 Å². The van der Waals surface area contributed by atoms with E-state index in [-0.39, 0.29) is 6.61 Å². The van der Waals surface area contributed by atoms with Crippen molar-refractivity contribution in [1.29, 1.82) is 0 Å². The van der Waals surface area contributed by atoms with Gasteiger partial charge in [0.25, 0.3) is 0 Å². The number of rotatable bonds is 2.